The van der Waals surface area contributed by atoms with Gasteiger partial charge in [-0.05, 0) is 38.6 Å². The van der Waals surface area contributed by atoms with Crippen molar-refractivity contribution in [2.75, 3.05) is 5.73 Å². The number of thiophene rings is 1. The first-order valence-corrected chi connectivity index (χ1v) is 8.57. The quantitative estimate of drug-likeness (QED) is 0.652. The molecule has 7 heteroatoms. The van der Waals surface area contributed by atoms with Gasteiger partial charge in [0.2, 0.25) is 5.91 Å². The summed E-state index contributed by atoms with van der Waals surface area (Å²) in [5.74, 6) is 0.450. The van der Waals surface area contributed by atoms with Gasteiger partial charge in [0, 0.05) is 5.54 Å². The van der Waals surface area contributed by atoms with Crippen LogP contribution in [0.25, 0.3) is 10.2 Å². The van der Waals surface area contributed by atoms with Crippen LogP contribution in [0.4, 0.5) is 5.82 Å². The van der Waals surface area contributed by atoms with Crippen molar-refractivity contribution < 1.29 is 4.79 Å². The highest BCUT2D eigenvalue weighted by atomic mass is 32.2. The number of anilines is 1. The second-order valence-electron chi connectivity index (χ2n) is 5.52. The fraction of sp³-hybridized carbons (Fsp3) is 0.500. The molecule has 1 atom stereocenters. The molecule has 0 aliphatic rings. The standard InChI is InChI=1S/C14H20N4OS2/c1-5-14(3,4)18-11(19)8(2)21-13-16-10(15)9-6-7-20-12(9)17-13/h6-8H,5H2,1-4H3,(H,18,19)(H2,15,16,17). The summed E-state index contributed by atoms with van der Waals surface area (Å²) in [6.07, 6.45) is 0.876. The minimum atomic E-state index is -0.271. The molecular weight excluding hydrogens is 304 g/mol. The van der Waals surface area contributed by atoms with Crippen LogP contribution in [0.2, 0.25) is 0 Å². The highest BCUT2D eigenvalue weighted by Crippen LogP contribution is 2.28. The summed E-state index contributed by atoms with van der Waals surface area (Å²) in [6, 6.07) is 1.91. The number of carbonyl (C=O) groups excluding carboxylic acids is 1. The van der Waals surface area contributed by atoms with Crippen molar-refractivity contribution >= 4 is 45.0 Å². The van der Waals surface area contributed by atoms with Crippen LogP contribution in [0.3, 0.4) is 0 Å². The van der Waals surface area contributed by atoms with E-state index < -0.39 is 0 Å². The zero-order valence-corrected chi connectivity index (χ0v) is 14.3. The Balaban J connectivity index is 2.10. The molecule has 0 saturated heterocycles. The first kappa shape index (κ1) is 16.0. The minimum Gasteiger partial charge on any atom is -0.383 e. The van der Waals surface area contributed by atoms with Gasteiger partial charge in [-0.25, -0.2) is 9.97 Å². The van der Waals surface area contributed by atoms with Crippen molar-refractivity contribution in [2.45, 2.75) is 50.1 Å². The Morgan fingerprint density at radius 2 is 2.24 bits per heavy atom. The maximum absolute atomic E-state index is 12.2. The fourth-order valence-corrected chi connectivity index (χ4v) is 3.25. The molecule has 0 saturated carbocycles. The highest BCUT2D eigenvalue weighted by Gasteiger charge is 2.23. The Morgan fingerprint density at radius 1 is 1.52 bits per heavy atom. The Morgan fingerprint density at radius 3 is 2.90 bits per heavy atom. The van der Waals surface area contributed by atoms with Gasteiger partial charge in [-0.15, -0.1) is 11.3 Å². The minimum absolute atomic E-state index is 0.0136. The number of fused-ring (bicyclic) bond motifs is 1. The predicted octanol–water partition coefficient (Wildman–Crippen LogP) is 3.06. The predicted molar refractivity (Wildman–Crippen MR) is 89.7 cm³/mol. The van der Waals surface area contributed by atoms with Crippen LogP contribution in [0.1, 0.15) is 34.1 Å². The second kappa shape index (κ2) is 6.19. The molecule has 1 unspecified atom stereocenters. The molecule has 2 heterocycles. The number of hydrogen-bond donors (Lipinski definition) is 2. The smallest absolute Gasteiger partial charge is 0.233 e. The molecule has 0 radical (unpaired) electrons. The van der Waals surface area contributed by atoms with Crippen LogP contribution >= 0.6 is 23.1 Å². The summed E-state index contributed by atoms with van der Waals surface area (Å²) in [5, 5.41) is 6.10. The molecule has 2 aromatic rings. The molecule has 3 N–H and O–H groups in total. The third-order valence-corrected chi connectivity index (χ3v) is 5.10. The monoisotopic (exact) mass is 324 g/mol. The molecular formula is C14H20N4OS2. The molecule has 0 aliphatic carbocycles. The summed E-state index contributed by atoms with van der Waals surface area (Å²) >= 11 is 2.85. The number of carbonyl (C=O) groups is 1. The Hall–Kier alpha value is -1.34. The van der Waals surface area contributed by atoms with E-state index in [1.807, 2.05) is 39.1 Å². The molecule has 21 heavy (non-hydrogen) atoms. The van der Waals surface area contributed by atoms with E-state index in [0.29, 0.717) is 11.0 Å². The van der Waals surface area contributed by atoms with Crippen LogP contribution < -0.4 is 11.1 Å². The third kappa shape index (κ3) is 3.85. The van der Waals surface area contributed by atoms with Crippen LogP contribution in [-0.2, 0) is 4.79 Å². The van der Waals surface area contributed by atoms with Gasteiger partial charge in [0.15, 0.2) is 5.16 Å². The average molecular weight is 324 g/mol. The Labute approximate surface area is 132 Å². The molecule has 114 valence electrons. The van der Waals surface area contributed by atoms with E-state index in [1.54, 1.807) is 0 Å². The third-order valence-electron chi connectivity index (χ3n) is 3.33. The Bertz CT molecular complexity index is 653. The first-order valence-electron chi connectivity index (χ1n) is 6.82. The first-order chi connectivity index (χ1) is 9.82. The molecule has 0 aliphatic heterocycles. The van der Waals surface area contributed by atoms with Crippen molar-refractivity contribution in [1.82, 2.24) is 15.3 Å². The van der Waals surface area contributed by atoms with Gasteiger partial charge in [-0.2, -0.15) is 0 Å². The van der Waals surface area contributed by atoms with Gasteiger partial charge in [-0.3, -0.25) is 4.79 Å². The van der Waals surface area contributed by atoms with Gasteiger partial charge >= 0.3 is 0 Å². The molecule has 0 bridgehead atoms. The van der Waals surface area contributed by atoms with Gasteiger partial charge in [0.1, 0.15) is 10.6 Å². The number of thioether (sulfide) groups is 1. The lowest BCUT2D eigenvalue weighted by molar-refractivity contribution is -0.121. The number of rotatable bonds is 5. The van der Waals surface area contributed by atoms with E-state index in [9.17, 15) is 4.79 Å². The molecule has 0 fully saturated rings. The van der Waals surface area contributed by atoms with Crippen LogP contribution in [0.15, 0.2) is 16.6 Å². The van der Waals surface area contributed by atoms with Crippen molar-refractivity contribution in [3.8, 4) is 0 Å². The molecule has 5 nitrogen and oxygen atoms in total. The maximum Gasteiger partial charge on any atom is 0.233 e. The number of hydrogen-bond acceptors (Lipinski definition) is 6. The summed E-state index contributed by atoms with van der Waals surface area (Å²) in [7, 11) is 0. The highest BCUT2D eigenvalue weighted by molar-refractivity contribution is 8.00. The lowest BCUT2D eigenvalue weighted by atomic mass is 10.0. The van der Waals surface area contributed by atoms with Gasteiger partial charge < -0.3 is 11.1 Å². The van der Waals surface area contributed by atoms with E-state index in [2.05, 4.69) is 15.3 Å². The topological polar surface area (TPSA) is 80.9 Å². The largest absolute Gasteiger partial charge is 0.383 e. The molecule has 0 spiro atoms. The molecule has 2 aromatic heterocycles. The lowest BCUT2D eigenvalue weighted by Crippen LogP contribution is -2.46. The number of nitrogen functional groups attached to an aromatic ring is 1. The maximum atomic E-state index is 12.2. The van der Waals surface area contributed by atoms with E-state index in [4.69, 9.17) is 5.73 Å². The van der Waals surface area contributed by atoms with Crippen molar-refractivity contribution in [3.05, 3.63) is 11.4 Å². The molecule has 0 aromatic carbocycles. The van der Waals surface area contributed by atoms with Crippen LogP contribution in [0, 0.1) is 0 Å². The number of nitrogens with one attached hydrogen (secondary N) is 1. The van der Waals surface area contributed by atoms with Crippen LogP contribution in [0.5, 0.6) is 0 Å². The lowest BCUT2D eigenvalue weighted by Gasteiger charge is -2.26. The summed E-state index contributed by atoms with van der Waals surface area (Å²) in [5.41, 5.74) is 5.71. The number of amides is 1. The summed E-state index contributed by atoms with van der Waals surface area (Å²) < 4.78 is 0. The Kier molecular flexibility index (Phi) is 4.73. The SMILES string of the molecule is CCC(C)(C)NC(=O)C(C)Sc1nc(N)c2ccsc2n1. The zero-order valence-electron chi connectivity index (χ0n) is 12.6. The van der Waals surface area contributed by atoms with Crippen LogP contribution in [-0.4, -0.2) is 26.7 Å². The van der Waals surface area contributed by atoms with E-state index in [0.717, 1.165) is 16.6 Å². The molecule has 2 rings (SSSR count). The van der Waals surface area contributed by atoms with Gasteiger partial charge in [0.05, 0.1) is 10.6 Å². The van der Waals surface area contributed by atoms with E-state index in [1.165, 1.54) is 23.1 Å². The van der Waals surface area contributed by atoms with E-state index in [-0.39, 0.29) is 16.7 Å². The van der Waals surface area contributed by atoms with Crippen molar-refractivity contribution in [1.29, 1.82) is 0 Å². The number of aromatic nitrogens is 2. The average Bonchev–Trinajstić information content (AvgIpc) is 2.87. The van der Waals surface area contributed by atoms with Gasteiger partial charge in [-0.1, -0.05) is 18.7 Å². The number of nitrogens with two attached hydrogens (primary N) is 1. The summed E-state index contributed by atoms with van der Waals surface area (Å²) in [4.78, 5) is 21.8. The second-order valence-corrected chi connectivity index (χ2v) is 7.72. The fourth-order valence-electron chi connectivity index (χ4n) is 1.65. The van der Waals surface area contributed by atoms with Crippen molar-refractivity contribution in [2.24, 2.45) is 0 Å². The molecule has 1 amide bonds. The number of nitrogens with zero attached hydrogens (tertiary/aromatic N) is 2. The zero-order chi connectivity index (χ0) is 15.6. The summed E-state index contributed by atoms with van der Waals surface area (Å²) in [6.45, 7) is 7.92. The van der Waals surface area contributed by atoms with E-state index >= 15 is 0 Å². The normalized spacial score (nSPS) is 13.3. The van der Waals surface area contributed by atoms with Crippen molar-refractivity contribution in [3.63, 3.8) is 0 Å². The van der Waals surface area contributed by atoms with Gasteiger partial charge in [0.25, 0.3) is 0 Å².